The van der Waals surface area contributed by atoms with Crippen LogP contribution in [0, 0.1) is 0 Å². The highest BCUT2D eigenvalue weighted by Crippen LogP contribution is 2.23. The van der Waals surface area contributed by atoms with E-state index >= 15 is 0 Å². The molecule has 0 atom stereocenters. The number of amides is 1. The molecule has 31 heavy (non-hydrogen) atoms. The molecule has 0 unspecified atom stereocenters. The minimum absolute atomic E-state index is 0.161. The van der Waals surface area contributed by atoms with E-state index in [1.807, 2.05) is 48.5 Å². The number of ether oxygens (including phenoxy) is 2. The number of rotatable bonds is 8. The Bertz CT molecular complexity index is 1080. The zero-order chi connectivity index (χ0) is 21.9. The quantitative estimate of drug-likeness (QED) is 0.169. The molecule has 0 aliphatic rings. The van der Waals surface area contributed by atoms with Crippen LogP contribution in [0.1, 0.15) is 11.1 Å². The van der Waals surface area contributed by atoms with Crippen molar-refractivity contribution in [1.29, 1.82) is 0 Å². The first-order valence-corrected chi connectivity index (χ1v) is 10.1. The highest BCUT2D eigenvalue weighted by atomic mass is 79.9. The van der Waals surface area contributed by atoms with E-state index in [0.29, 0.717) is 11.5 Å². The van der Waals surface area contributed by atoms with Gasteiger partial charge in [-0.25, -0.2) is 10.2 Å². The van der Waals surface area contributed by atoms with Crippen LogP contribution in [-0.2, 0) is 9.59 Å². The van der Waals surface area contributed by atoms with Crippen molar-refractivity contribution in [3.8, 4) is 11.5 Å². The second-order valence-electron chi connectivity index (χ2n) is 6.25. The van der Waals surface area contributed by atoms with Crippen LogP contribution in [0.5, 0.6) is 11.5 Å². The third-order valence-electron chi connectivity index (χ3n) is 3.91. The van der Waals surface area contributed by atoms with Crippen LogP contribution < -0.4 is 14.9 Å². The van der Waals surface area contributed by atoms with E-state index < -0.39 is 5.97 Å². The van der Waals surface area contributed by atoms with Crippen LogP contribution in [0.25, 0.3) is 6.08 Å². The Morgan fingerprint density at radius 1 is 0.903 bits per heavy atom. The fourth-order valence-electron chi connectivity index (χ4n) is 2.42. The fraction of sp³-hybridized carbons (Fsp3) is 0.0417. The predicted octanol–water partition coefficient (Wildman–Crippen LogP) is 4.60. The molecular formula is C24H19BrN2O4. The lowest BCUT2D eigenvalue weighted by Crippen LogP contribution is -2.24. The molecular weight excluding hydrogens is 460 g/mol. The number of para-hydroxylation sites is 1. The molecule has 0 aromatic heterocycles. The average molecular weight is 479 g/mol. The van der Waals surface area contributed by atoms with E-state index in [-0.39, 0.29) is 12.5 Å². The van der Waals surface area contributed by atoms with Gasteiger partial charge in [0.05, 0.1) is 10.7 Å². The maximum atomic E-state index is 11.9. The summed E-state index contributed by atoms with van der Waals surface area (Å²) < 4.78 is 11.4. The highest BCUT2D eigenvalue weighted by Gasteiger charge is 2.04. The van der Waals surface area contributed by atoms with Crippen LogP contribution in [0.4, 0.5) is 0 Å². The molecule has 0 heterocycles. The van der Waals surface area contributed by atoms with Crippen LogP contribution >= 0.6 is 15.9 Å². The van der Waals surface area contributed by atoms with Crippen molar-refractivity contribution in [2.24, 2.45) is 5.10 Å². The molecule has 0 aliphatic carbocycles. The molecule has 156 valence electrons. The van der Waals surface area contributed by atoms with Crippen LogP contribution in [0.15, 0.2) is 94.5 Å². The van der Waals surface area contributed by atoms with Crippen molar-refractivity contribution in [2.75, 3.05) is 6.61 Å². The molecule has 0 bridgehead atoms. The van der Waals surface area contributed by atoms with Crippen molar-refractivity contribution in [2.45, 2.75) is 0 Å². The van der Waals surface area contributed by atoms with Crippen molar-refractivity contribution in [1.82, 2.24) is 5.43 Å². The van der Waals surface area contributed by atoms with Gasteiger partial charge in [0, 0.05) is 6.08 Å². The topological polar surface area (TPSA) is 77.0 Å². The molecule has 0 saturated heterocycles. The summed E-state index contributed by atoms with van der Waals surface area (Å²) in [6, 6.07) is 23.5. The molecule has 0 aliphatic heterocycles. The third kappa shape index (κ3) is 7.56. The number of nitrogens with zero attached hydrogens (tertiary/aromatic N) is 1. The molecule has 3 aromatic carbocycles. The summed E-state index contributed by atoms with van der Waals surface area (Å²) in [5.74, 6) is 0.126. The lowest BCUT2D eigenvalue weighted by molar-refractivity contribution is -0.129. The summed E-state index contributed by atoms with van der Waals surface area (Å²) in [6.45, 7) is -0.161. The molecule has 1 amide bonds. The molecule has 3 aromatic rings. The van der Waals surface area contributed by atoms with Crippen LogP contribution in [0.3, 0.4) is 0 Å². The second kappa shape index (κ2) is 11.5. The summed E-state index contributed by atoms with van der Waals surface area (Å²) in [5, 5.41) is 3.89. The zero-order valence-corrected chi connectivity index (χ0v) is 18.0. The fourth-order valence-corrected chi connectivity index (χ4v) is 2.82. The number of hydrogen-bond acceptors (Lipinski definition) is 5. The number of benzene rings is 3. The normalized spacial score (nSPS) is 10.9. The number of carbonyl (C=O) groups excluding carboxylic acids is 2. The lowest BCUT2D eigenvalue weighted by atomic mass is 10.2. The summed E-state index contributed by atoms with van der Waals surface area (Å²) in [7, 11) is 0. The summed E-state index contributed by atoms with van der Waals surface area (Å²) in [4.78, 5) is 23.7. The Morgan fingerprint density at radius 2 is 1.61 bits per heavy atom. The molecule has 0 radical (unpaired) electrons. The summed E-state index contributed by atoms with van der Waals surface area (Å²) in [6.07, 6.45) is 4.54. The molecule has 7 heteroatoms. The molecule has 0 saturated carbocycles. The molecule has 1 N–H and O–H groups in total. The van der Waals surface area contributed by atoms with E-state index in [2.05, 4.69) is 26.5 Å². The molecule has 0 spiro atoms. The van der Waals surface area contributed by atoms with Gasteiger partial charge in [-0.15, -0.1) is 0 Å². The van der Waals surface area contributed by atoms with Gasteiger partial charge >= 0.3 is 5.97 Å². The predicted molar refractivity (Wildman–Crippen MR) is 123 cm³/mol. The Balaban J connectivity index is 1.43. The van der Waals surface area contributed by atoms with Gasteiger partial charge in [0.2, 0.25) is 0 Å². The third-order valence-corrected chi connectivity index (χ3v) is 4.56. The smallest absolute Gasteiger partial charge is 0.336 e. The van der Waals surface area contributed by atoms with E-state index in [1.165, 1.54) is 12.3 Å². The number of hydrogen-bond donors (Lipinski definition) is 1. The number of hydrazone groups is 1. The number of esters is 1. The monoisotopic (exact) mass is 478 g/mol. The van der Waals surface area contributed by atoms with E-state index in [0.717, 1.165) is 15.6 Å². The van der Waals surface area contributed by atoms with E-state index in [9.17, 15) is 9.59 Å². The van der Waals surface area contributed by atoms with Crippen molar-refractivity contribution < 1.29 is 19.1 Å². The Morgan fingerprint density at radius 3 is 2.35 bits per heavy atom. The van der Waals surface area contributed by atoms with Crippen molar-refractivity contribution >= 4 is 40.1 Å². The second-order valence-corrected chi connectivity index (χ2v) is 7.10. The minimum atomic E-state index is -0.470. The van der Waals surface area contributed by atoms with Gasteiger partial charge in [-0.2, -0.15) is 5.10 Å². The average Bonchev–Trinajstić information content (AvgIpc) is 2.79. The van der Waals surface area contributed by atoms with E-state index in [1.54, 1.807) is 36.4 Å². The van der Waals surface area contributed by atoms with Gasteiger partial charge in [-0.05, 0) is 69.5 Å². The number of nitrogens with one attached hydrogen (secondary N) is 1. The highest BCUT2D eigenvalue weighted by molar-refractivity contribution is 9.10. The largest absolute Gasteiger partial charge is 0.483 e. The first-order chi connectivity index (χ1) is 15.1. The van der Waals surface area contributed by atoms with Gasteiger partial charge in [0.15, 0.2) is 6.61 Å². The number of carbonyl (C=O) groups is 2. The molecule has 3 rings (SSSR count). The summed E-state index contributed by atoms with van der Waals surface area (Å²) in [5.41, 5.74) is 4.04. The first kappa shape index (κ1) is 22.0. The summed E-state index contributed by atoms with van der Waals surface area (Å²) >= 11 is 3.35. The van der Waals surface area contributed by atoms with Gasteiger partial charge in [0.25, 0.3) is 5.91 Å². The van der Waals surface area contributed by atoms with Gasteiger partial charge in [-0.1, -0.05) is 42.5 Å². The first-order valence-electron chi connectivity index (χ1n) is 9.34. The van der Waals surface area contributed by atoms with Crippen LogP contribution in [0.2, 0.25) is 0 Å². The number of halogens is 1. The lowest BCUT2D eigenvalue weighted by Gasteiger charge is -2.06. The standard InChI is InChI=1S/C24H19BrN2O4/c25-21-8-4-5-9-22(21)30-17-23(28)27-26-16-19-10-13-20(14-11-19)31-24(29)15-12-18-6-2-1-3-7-18/h1-16H,17H2,(H,27,28)/b15-12+,26-16+. The van der Waals surface area contributed by atoms with Crippen molar-refractivity contribution in [3.05, 3.63) is 101 Å². The van der Waals surface area contributed by atoms with Crippen LogP contribution in [-0.4, -0.2) is 24.7 Å². The minimum Gasteiger partial charge on any atom is -0.483 e. The van der Waals surface area contributed by atoms with Gasteiger partial charge < -0.3 is 9.47 Å². The van der Waals surface area contributed by atoms with Gasteiger partial charge in [0.1, 0.15) is 11.5 Å². The SMILES string of the molecule is O=C(COc1ccccc1Br)N/N=C/c1ccc(OC(=O)/C=C/c2ccccc2)cc1. The van der Waals surface area contributed by atoms with Gasteiger partial charge in [-0.3, -0.25) is 4.79 Å². The Labute approximate surface area is 188 Å². The zero-order valence-electron chi connectivity index (χ0n) is 16.4. The molecule has 0 fully saturated rings. The maximum Gasteiger partial charge on any atom is 0.336 e. The Hall–Kier alpha value is -3.71. The maximum absolute atomic E-state index is 11.9. The van der Waals surface area contributed by atoms with E-state index in [4.69, 9.17) is 9.47 Å². The van der Waals surface area contributed by atoms with Crippen molar-refractivity contribution in [3.63, 3.8) is 0 Å². The Kier molecular flexibility index (Phi) is 8.13. The molecule has 6 nitrogen and oxygen atoms in total.